The number of unbranched alkanes of at least 4 members (excludes halogenated alkanes) is 1. The van der Waals surface area contributed by atoms with Gasteiger partial charge in [-0.05, 0) is 24.6 Å². The molecule has 0 heterocycles. The molecule has 1 amide bonds. The van der Waals surface area contributed by atoms with Gasteiger partial charge in [0.2, 0.25) is 5.91 Å². The van der Waals surface area contributed by atoms with Crippen molar-refractivity contribution in [2.45, 2.75) is 33.1 Å². The van der Waals surface area contributed by atoms with Crippen molar-refractivity contribution >= 4 is 29.2 Å². The first kappa shape index (κ1) is 17.3. The van der Waals surface area contributed by atoms with Crippen LogP contribution in [0.5, 0.6) is 5.75 Å². The van der Waals surface area contributed by atoms with Crippen LogP contribution in [0.3, 0.4) is 0 Å². The van der Waals surface area contributed by atoms with Gasteiger partial charge in [-0.15, -0.1) is 0 Å². The number of hydrogen-bond donors (Lipinski definition) is 2. The number of carboxylic acid groups (broad SMARTS) is 1. The van der Waals surface area contributed by atoms with E-state index in [2.05, 4.69) is 12.2 Å². The molecule has 1 atom stereocenters. The second-order valence-corrected chi connectivity index (χ2v) is 5.27. The van der Waals surface area contributed by atoms with E-state index in [9.17, 15) is 9.59 Å². The zero-order valence-corrected chi connectivity index (χ0v) is 12.9. The first-order valence-corrected chi connectivity index (χ1v) is 7.26. The summed E-state index contributed by atoms with van der Waals surface area (Å²) in [7, 11) is 0. The average Bonchev–Trinajstić information content (AvgIpc) is 2.43. The molecular weight excluding hydrogens is 294 g/mol. The Bertz CT molecular complexity index is 504. The molecule has 2 N–H and O–H groups in total. The molecule has 1 unspecified atom stereocenters. The number of carbonyl (C=O) groups excluding carboxylic acids is 1. The van der Waals surface area contributed by atoms with Crippen LogP contribution in [0.15, 0.2) is 18.2 Å². The summed E-state index contributed by atoms with van der Waals surface area (Å²) < 4.78 is 5.01. The molecule has 0 radical (unpaired) electrons. The molecular formula is C15H20ClNO4. The molecule has 6 heteroatoms. The van der Waals surface area contributed by atoms with Crippen LogP contribution < -0.4 is 10.1 Å². The van der Waals surface area contributed by atoms with Gasteiger partial charge in [0.1, 0.15) is 5.75 Å². The zero-order chi connectivity index (χ0) is 15.8. The summed E-state index contributed by atoms with van der Waals surface area (Å²) in [5, 5.41) is 11.6. The lowest BCUT2D eigenvalue weighted by atomic mass is 10.0. The Labute approximate surface area is 129 Å². The van der Waals surface area contributed by atoms with Crippen molar-refractivity contribution in [1.29, 1.82) is 0 Å². The first-order valence-electron chi connectivity index (χ1n) is 6.89. The van der Waals surface area contributed by atoms with E-state index in [0.717, 1.165) is 19.3 Å². The van der Waals surface area contributed by atoms with Crippen molar-refractivity contribution in [3.8, 4) is 5.75 Å². The van der Waals surface area contributed by atoms with Crippen LogP contribution >= 0.6 is 11.6 Å². The predicted molar refractivity (Wildman–Crippen MR) is 81.9 cm³/mol. The largest absolute Gasteiger partial charge is 0.480 e. The monoisotopic (exact) mass is 313 g/mol. The molecule has 0 aliphatic rings. The van der Waals surface area contributed by atoms with Gasteiger partial charge in [-0.2, -0.15) is 0 Å². The molecule has 1 aromatic rings. The Morgan fingerprint density at radius 3 is 2.71 bits per heavy atom. The van der Waals surface area contributed by atoms with Gasteiger partial charge in [0.15, 0.2) is 6.61 Å². The van der Waals surface area contributed by atoms with E-state index in [1.807, 2.05) is 6.92 Å². The highest BCUT2D eigenvalue weighted by molar-refractivity contribution is 6.32. The Hall–Kier alpha value is -1.75. The van der Waals surface area contributed by atoms with E-state index in [-0.39, 0.29) is 22.6 Å². The summed E-state index contributed by atoms with van der Waals surface area (Å²) in [6, 6.07) is 4.72. The lowest BCUT2D eigenvalue weighted by Crippen LogP contribution is -2.20. The highest BCUT2D eigenvalue weighted by Gasteiger charge is 2.13. The minimum atomic E-state index is -1.08. The smallest absolute Gasteiger partial charge is 0.341 e. The molecule has 5 nitrogen and oxygen atoms in total. The molecule has 0 spiro atoms. The molecule has 0 saturated heterocycles. The van der Waals surface area contributed by atoms with Crippen molar-refractivity contribution in [1.82, 2.24) is 0 Å². The van der Waals surface area contributed by atoms with E-state index < -0.39 is 12.6 Å². The molecule has 1 aromatic carbocycles. The maximum Gasteiger partial charge on any atom is 0.341 e. The van der Waals surface area contributed by atoms with Gasteiger partial charge in [0.25, 0.3) is 0 Å². The van der Waals surface area contributed by atoms with Crippen LogP contribution in [0.1, 0.15) is 33.1 Å². The number of aliphatic carboxylic acids is 1. The summed E-state index contributed by atoms with van der Waals surface area (Å²) in [4.78, 5) is 22.4. The summed E-state index contributed by atoms with van der Waals surface area (Å²) in [6.07, 6.45) is 2.91. The fourth-order valence-electron chi connectivity index (χ4n) is 1.74. The predicted octanol–water partition coefficient (Wildman–Crippen LogP) is 3.57. The molecule has 1 rings (SSSR count). The highest BCUT2D eigenvalue weighted by Crippen LogP contribution is 2.28. The van der Waals surface area contributed by atoms with Crippen molar-refractivity contribution in [2.24, 2.45) is 5.92 Å². The molecule has 0 aliphatic carbocycles. The normalized spacial score (nSPS) is 11.8. The lowest BCUT2D eigenvalue weighted by Gasteiger charge is -2.13. The van der Waals surface area contributed by atoms with Gasteiger partial charge in [-0.1, -0.05) is 38.3 Å². The van der Waals surface area contributed by atoms with Crippen molar-refractivity contribution in [3.63, 3.8) is 0 Å². The fourth-order valence-corrected chi connectivity index (χ4v) is 1.98. The van der Waals surface area contributed by atoms with E-state index in [1.165, 1.54) is 6.07 Å². The van der Waals surface area contributed by atoms with Crippen LogP contribution in [0.4, 0.5) is 5.69 Å². The maximum atomic E-state index is 12.0. The number of benzene rings is 1. The van der Waals surface area contributed by atoms with E-state index in [0.29, 0.717) is 5.69 Å². The van der Waals surface area contributed by atoms with Gasteiger partial charge in [-0.25, -0.2) is 4.79 Å². The van der Waals surface area contributed by atoms with Crippen molar-refractivity contribution < 1.29 is 19.4 Å². The number of nitrogens with one attached hydrogen (secondary N) is 1. The number of ether oxygens (including phenoxy) is 1. The number of halogens is 1. The minimum Gasteiger partial charge on any atom is -0.480 e. The molecule has 21 heavy (non-hydrogen) atoms. The van der Waals surface area contributed by atoms with Crippen LogP contribution in [0, 0.1) is 5.92 Å². The Balaban J connectivity index is 2.62. The maximum absolute atomic E-state index is 12.0. The third-order valence-electron chi connectivity index (χ3n) is 2.99. The van der Waals surface area contributed by atoms with Crippen LogP contribution in [-0.4, -0.2) is 23.6 Å². The molecule has 0 saturated carbocycles. The number of carboxylic acids is 1. The average molecular weight is 314 g/mol. The van der Waals surface area contributed by atoms with Crippen LogP contribution in [-0.2, 0) is 9.59 Å². The number of carbonyl (C=O) groups is 2. The van der Waals surface area contributed by atoms with E-state index >= 15 is 0 Å². The van der Waals surface area contributed by atoms with Crippen molar-refractivity contribution in [3.05, 3.63) is 23.2 Å². The number of rotatable bonds is 8. The quantitative estimate of drug-likeness (QED) is 0.769. The Morgan fingerprint density at radius 1 is 1.43 bits per heavy atom. The molecule has 0 aliphatic heterocycles. The first-order chi connectivity index (χ1) is 9.93. The second-order valence-electron chi connectivity index (χ2n) is 4.86. The topological polar surface area (TPSA) is 75.6 Å². The number of amides is 1. The Morgan fingerprint density at radius 2 is 2.14 bits per heavy atom. The van der Waals surface area contributed by atoms with Crippen LogP contribution in [0.25, 0.3) is 0 Å². The van der Waals surface area contributed by atoms with Crippen molar-refractivity contribution in [2.75, 3.05) is 11.9 Å². The second kappa shape index (κ2) is 8.52. The lowest BCUT2D eigenvalue weighted by molar-refractivity contribution is -0.139. The Kier molecular flexibility index (Phi) is 7.02. The highest BCUT2D eigenvalue weighted by atomic mass is 35.5. The molecule has 116 valence electrons. The summed E-state index contributed by atoms with van der Waals surface area (Å²) in [6.45, 7) is 3.51. The number of hydrogen-bond acceptors (Lipinski definition) is 3. The zero-order valence-electron chi connectivity index (χ0n) is 12.2. The standard InChI is InChI=1S/C15H20ClNO4/c1-3-4-5-10(2)15(20)17-11-6-7-13(12(16)8-11)21-9-14(18)19/h6-8,10H,3-5,9H2,1-2H3,(H,17,20)(H,18,19). The molecule has 0 aromatic heterocycles. The minimum absolute atomic E-state index is 0.0567. The third kappa shape index (κ3) is 6.04. The number of anilines is 1. The summed E-state index contributed by atoms with van der Waals surface area (Å²) in [5.74, 6) is -0.922. The van der Waals surface area contributed by atoms with E-state index in [1.54, 1.807) is 12.1 Å². The third-order valence-corrected chi connectivity index (χ3v) is 3.28. The van der Waals surface area contributed by atoms with E-state index in [4.69, 9.17) is 21.4 Å². The van der Waals surface area contributed by atoms with Gasteiger partial charge in [-0.3, -0.25) is 4.79 Å². The van der Waals surface area contributed by atoms with Gasteiger partial charge < -0.3 is 15.2 Å². The molecule has 0 fully saturated rings. The fraction of sp³-hybridized carbons (Fsp3) is 0.467. The van der Waals surface area contributed by atoms with Gasteiger partial charge in [0, 0.05) is 11.6 Å². The van der Waals surface area contributed by atoms with Crippen LogP contribution in [0.2, 0.25) is 5.02 Å². The van der Waals surface area contributed by atoms with Gasteiger partial charge in [0.05, 0.1) is 5.02 Å². The summed E-state index contributed by atoms with van der Waals surface area (Å²) in [5.41, 5.74) is 0.566. The molecule has 0 bridgehead atoms. The SMILES string of the molecule is CCCCC(C)C(=O)Nc1ccc(OCC(=O)O)c(Cl)c1. The van der Waals surface area contributed by atoms with Gasteiger partial charge >= 0.3 is 5.97 Å². The summed E-state index contributed by atoms with van der Waals surface area (Å²) >= 11 is 5.99.